The zero-order chi connectivity index (χ0) is 13.3. The van der Waals surface area contributed by atoms with Crippen LogP contribution in [0.15, 0.2) is 0 Å². The molecule has 0 radical (unpaired) electrons. The van der Waals surface area contributed by atoms with Gasteiger partial charge >= 0.3 is 0 Å². The zero-order valence-electron chi connectivity index (χ0n) is 11.0. The molecule has 0 rings (SSSR count). The highest BCUT2D eigenvalue weighted by atomic mass is 32.1. The molecule has 17 heavy (non-hydrogen) atoms. The molecule has 5 heteroatoms. The second kappa shape index (κ2) is 9.36. The molecule has 4 nitrogen and oxygen atoms in total. The van der Waals surface area contributed by atoms with Crippen LogP contribution in [0.3, 0.4) is 0 Å². The van der Waals surface area contributed by atoms with Crippen LogP contribution in [0.25, 0.3) is 0 Å². The summed E-state index contributed by atoms with van der Waals surface area (Å²) in [5.74, 6) is -0.274. The van der Waals surface area contributed by atoms with Crippen molar-refractivity contribution in [2.75, 3.05) is 20.3 Å². The Morgan fingerprint density at radius 2 is 2.00 bits per heavy atom. The van der Waals surface area contributed by atoms with Gasteiger partial charge in [0.05, 0.1) is 10.9 Å². The number of carbonyl (C=O) groups excluding carboxylic acids is 1. The number of nitrogens with two attached hydrogens (primary N) is 1. The summed E-state index contributed by atoms with van der Waals surface area (Å²) in [6, 6.07) is 0. The molecule has 0 saturated carbocycles. The van der Waals surface area contributed by atoms with Gasteiger partial charge in [0.2, 0.25) is 5.91 Å². The molecule has 0 aliphatic rings. The number of hydrogen-bond donors (Lipinski definition) is 2. The predicted molar refractivity (Wildman–Crippen MR) is 73.9 cm³/mol. The highest BCUT2D eigenvalue weighted by Gasteiger charge is 2.24. The lowest BCUT2D eigenvalue weighted by atomic mass is 9.95. The van der Waals surface area contributed by atoms with Crippen molar-refractivity contribution < 1.29 is 9.53 Å². The first-order chi connectivity index (χ1) is 8.00. The van der Waals surface area contributed by atoms with Gasteiger partial charge in [0, 0.05) is 20.3 Å². The Bertz CT molecular complexity index is 245. The second-order valence-electron chi connectivity index (χ2n) is 4.47. The largest absolute Gasteiger partial charge is 0.393 e. The number of amides is 1. The van der Waals surface area contributed by atoms with Crippen LogP contribution in [0, 0.1) is 11.8 Å². The average molecular weight is 260 g/mol. The summed E-state index contributed by atoms with van der Waals surface area (Å²) in [6.45, 7) is 5.34. The Balaban J connectivity index is 3.80. The predicted octanol–water partition coefficient (Wildman–Crippen LogP) is 1.48. The third-order valence-electron chi connectivity index (χ3n) is 2.58. The van der Waals surface area contributed by atoms with Gasteiger partial charge in [-0.15, -0.1) is 0 Å². The minimum absolute atomic E-state index is 0.0563. The molecular formula is C12H24N2O2S. The Morgan fingerprint density at radius 1 is 1.35 bits per heavy atom. The van der Waals surface area contributed by atoms with E-state index in [0.29, 0.717) is 6.54 Å². The number of thiocarbonyl (C=S) groups is 1. The molecule has 0 spiro atoms. The Morgan fingerprint density at radius 3 is 2.47 bits per heavy atom. The van der Waals surface area contributed by atoms with E-state index >= 15 is 0 Å². The van der Waals surface area contributed by atoms with E-state index < -0.39 is 0 Å². The molecule has 1 amide bonds. The second-order valence-corrected chi connectivity index (χ2v) is 4.94. The number of unbranched alkanes of at least 4 members (excludes halogenated alkanes) is 2. The molecule has 0 bridgehead atoms. The lowest BCUT2D eigenvalue weighted by molar-refractivity contribution is -0.123. The lowest BCUT2D eigenvalue weighted by Crippen LogP contribution is -2.41. The Kier molecular flexibility index (Phi) is 8.99. The summed E-state index contributed by atoms with van der Waals surface area (Å²) < 4.78 is 4.95. The van der Waals surface area contributed by atoms with E-state index in [-0.39, 0.29) is 22.7 Å². The van der Waals surface area contributed by atoms with Crippen molar-refractivity contribution in [3.05, 3.63) is 0 Å². The number of carbonyl (C=O) groups is 1. The van der Waals surface area contributed by atoms with E-state index in [9.17, 15) is 4.79 Å². The van der Waals surface area contributed by atoms with Crippen LogP contribution in [0.2, 0.25) is 0 Å². The van der Waals surface area contributed by atoms with Crippen molar-refractivity contribution in [1.82, 2.24) is 5.32 Å². The summed E-state index contributed by atoms with van der Waals surface area (Å²) in [4.78, 5) is 12.1. The number of methoxy groups -OCH3 is 1. The van der Waals surface area contributed by atoms with E-state index in [1.54, 1.807) is 7.11 Å². The van der Waals surface area contributed by atoms with Crippen molar-refractivity contribution in [2.24, 2.45) is 17.6 Å². The van der Waals surface area contributed by atoms with E-state index in [1.807, 2.05) is 13.8 Å². The third kappa shape index (κ3) is 7.28. The van der Waals surface area contributed by atoms with Crippen LogP contribution in [0.4, 0.5) is 0 Å². The molecule has 1 atom stereocenters. The topological polar surface area (TPSA) is 64.3 Å². The van der Waals surface area contributed by atoms with Crippen LogP contribution in [-0.2, 0) is 9.53 Å². The van der Waals surface area contributed by atoms with Gasteiger partial charge in [-0.3, -0.25) is 4.79 Å². The number of nitrogens with one attached hydrogen (secondary N) is 1. The average Bonchev–Trinajstić information content (AvgIpc) is 2.22. The van der Waals surface area contributed by atoms with Crippen molar-refractivity contribution in [1.29, 1.82) is 0 Å². The summed E-state index contributed by atoms with van der Waals surface area (Å²) >= 11 is 4.91. The molecule has 3 N–H and O–H groups in total. The normalized spacial score (nSPS) is 12.5. The molecule has 0 aliphatic heterocycles. The van der Waals surface area contributed by atoms with E-state index in [4.69, 9.17) is 22.7 Å². The molecule has 0 fully saturated rings. The molecule has 100 valence electrons. The molecule has 0 saturated heterocycles. The van der Waals surface area contributed by atoms with Crippen molar-refractivity contribution in [3.8, 4) is 0 Å². The monoisotopic (exact) mass is 260 g/mol. The minimum atomic E-state index is -0.357. The molecule has 0 aromatic heterocycles. The van der Waals surface area contributed by atoms with Crippen molar-refractivity contribution in [2.45, 2.75) is 33.1 Å². The third-order valence-corrected chi connectivity index (χ3v) is 2.83. The summed E-state index contributed by atoms with van der Waals surface area (Å²) in [5.41, 5.74) is 5.56. The van der Waals surface area contributed by atoms with Gasteiger partial charge in [0.25, 0.3) is 0 Å². The Hall–Kier alpha value is -0.680. The smallest absolute Gasteiger partial charge is 0.230 e. The fraction of sp³-hybridized carbons (Fsp3) is 0.833. The first-order valence-electron chi connectivity index (χ1n) is 6.06. The molecule has 0 aromatic carbocycles. The van der Waals surface area contributed by atoms with Gasteiger partial charge < -0.3 is 15.8 Å². The summed E-state index contributed by atoms with van der Waals surface area (Å²) in [6.07, 6.45) is 3.03. The maximum atomic E-state index is 11.8. The van der Waals surface area contributed by atoms with E-state index in [2.05, 4.69) is 5.32 Å². The van der Waals surface area contributed by atoms with Gasteiger partial charge in [-0.1, -0.05) is 26.1 Å². The number of ether oxygens (including phenoxy) is 1. The molecule has 1 unspecified atom stereocenters. The van der Waals surface area contributed by atoms with Crippen LogP contribution >= 0.6 is 12.2 Å². The standard InChI is InChI=1S/C12H24N2O2S/c1-9(2)10(11(13)17)12(15)14-7-5-4-6-8-16-3/h9-10H,4-8H2,1-3H3,(H2,13,17)(H,14,15). The van der Waals surface area contributed by atoms with Crippen LogP contribution in [0.5, 0.6) is 0 Å². The van der Waals surface area contributed by atoms with Gasteiger partial charge in [-0.25, -0.2) is 0 Å². The maximum absolute atomic E-state index is 11.8. The fourth-order valence-corrected chi connectivity index (χ4v) is 2.01. The molecule has 0 aliphatic carbocycles. The highest BCUT2D eigenvalue weighted by Crippen LogP contribution is 2.11. The zero-order valence-corrected chi connectivity index (χ0v) is 11.8. The van der Waals surface area contributed by atoms with Gasteiger partial charge in [0.15, 0.2) is 0 Å². The number of hydrogen-bond acceptors (Lipinski definition) is 3. The van der Waals surface area contributed by atoms with Crippen LogP contribution in [0.1, 0.15) is 33.1 Å². The Labute approximate surface area is 109 Å². The summed E-state index contributed by atoms with van der Waals surface area (Å²) in [7, 11) is 1.69. The SMILES string of the molecule is COCCCCCNC(=O)C(C(N)=S)C(C)C. The van der Waals surface area contributed by atoms with E-state index in [0.717, 1.165) is 25.9 Å². The molecule has 0 heterocycles. The minimum Gasteiger partial charge on any atom is -0.393 e. The van der Waals surface area contributed by atoms with Crippen molar-refractivity contribution in [3.63, 3.8) is 0 Å². The van der Waals surface area contributed by atoms with Gasteiger partial charge in [0.1, 0.15) is 0 Å². The first kappa shape index (κ1) is 16.3. The molecule has 0 aromatic rings. The quantitative estimate of drug-likeness (QED) is 0.487. The van der Waals surface area contributed by atoms with E-state index in [1.165, 1.54) is 0 Å². The van der Waals surface area contributed by atoms with Crippen LogP contribution in [-0.4, -0.2) is 31.2 Å². The van der Waals surface area contributed by atoms with Crippen molar-refractivity contribution >= 4 is 23.1 Å². The maximum Gasteiger partial charge on any atom is 0.230 e. The number of rotatable bonds is 9. The summed E-state index contributed by atoms with van der Waals surface area (Å²) in [5, 5.41) is 2.88. The fourth-order valence-electron chi connectivity index (χ4n) is 1.63. The van der Waals surface area contributed by atoms with Crippen LogP contribution < -0.4 is 11.1 Å². The highest BCUT2D eigenvalue weighted by molar-refractivity contribution is 7.80. The lowest BCUT2D eigenvalue weighted by Gasteiger charge is -2.18. The van der Waals surface area contributed by atoms with Gasteiger partial charge in [-0.2, -0.15) is 0 Å². The first-order valence-corrected chi connectivity index (χ1v) is 6.47. The molecular weight excluding hydrogens is 236 g/mol. The van der Waals surface area contributed by atoms with Gasteiger partial charge in [-0.05, 0) is 25.2 Å².